The molecule has 1 rings (SSSR count). The Labute approximate surface area is 178 Å². The van der Waals surface area contributed by atoms with E-state index in [1.54, 1.807) is 34.6 Å². The van der Waals surface area contributed by atoms with Crippen LogP contribution < -0.4 is 0 Å². The first kappa shape index (κ1) is 25.7. The molecule has 1 fully saturated rings. The van der Waals surface area contributed by atoms with Crippen LogP contribution in [0.2, 0.25) is 0 Å². The summed E-state index contributed by atoms with van der Waals surface area (Å²) in [6.45, 7) is 9.14. The van der Waals surface area contributed by atoms with Crippen molar-refractivity contribution in [3.05, 3.63) is 0 Å². The average molecular weight is 430 g/mol. The number of nitrogens with zero attached hydrogens (tertiary/aromatic N) is 1. The largest absolute Gasteiger partial charge is 0.469 e. The van der Waals surface area contributed by atoms with Crippen LogP contribution in [0.3, 0.4) is 0 Å². The van der Waals surface area contributed by atoms with E-state index in [4.69, 9.17) is 18.9 Å². The van der Waals surface area contributed by atoms with Gasteiger partial charge in [-0.05, 0) is 60.3 Å². The van der Waals surface area contributed by atoms with E-state index in [1.165, 1.54) is 12.0 Å². The lowest BCUT2D eigenvalue weighted by atomic mass is 9.83. The van der Waals surface area contributed by atoms with Crippen LogP contribution in [-0.2, 0) is 33.3 Å². The first-order valence-corrected chi connectivity index (χ1v) is 10.5. The van der Waals surface area contributed by atoms with E-state index in [0.29, 0.717) is 13.0 Å². The number of hydrogen-bond acceptors (Lipinski definition) is 8. The molecule has 1 heterocycles. The van der Waals surface area contributed by atoms with Gasteiger partial charge in [-0.1, -0.05) is 0 Å². The third-order valence-electron chi connectivity index (χ3n) is 4.78. The zero-order valence-corrected chi connectivity index (χ0v) is 18.9. The van der Waals surface area contributed by atoms with Crippen molar-refractivity contribution in [2.75, 3.05) is 26.9 Å². The van der Waals surface area contributed by atoms with Gasteiger partial charge in [-0.3, -0.25) is 14.4 Å². The molecule has 0 unspecified atom stereocenters. The van der Waals surface area contributed by atoms with E-state index in [-0.39, 0.29) is 19.6 Å². The van der Waals surface area contributed by atoms with Crippen LogP contribution in [0.5, 0.6) is 0 Å². The van der Waals surface area contributed by atoms with Gasteiger partial charge in [0.15, 0.2) is 5.92 Å². The number of rotatable bonds is 8. The summed E-state index contributed by atoms with van der Waals surface area (Å²) in [6.07, 6.45) is 1.38. The Morgan fingerprint density at radius 1 is 0.967 bits per heavy atom. The molecule has 0 aromatic heterocycles. The van der Waals surface area contributed by atoms with Crippen molar-refractivity contribution >= 4 is 24.0 Å². The zero-order chi connectivity index (χ0) is 22.9. The Hall–Kier alpha value is -2.32. The first-order chi connectivity index (χ1) is 14.1. The summed E-state index contributed by atoms with van der Waals surface area (Å²) in [4.78, 5) is 51.7. The molecule has 30 heavy (non-hydrogen) atoms. The van der Waals surface area contributed by atoms with Crippen molar-refractivity contribution in [2.45, 2.75) is 71.9 Å². The molecule has 0 aliphatic carbocycles. The first-order valence-electron chi connectivity index (χ1n) is 10.5. The van der Waals surface area contributed by atoms with Crippen LogP contribution in [0.1, 0.15) is 60.3 Å². The third kappa shape index (κ3) is 7.50. The number of carbonyl (C=O) groups excluding carboxylic acids is 4. The van der Waals surface area contributed by atoms with Gasteiger partial charge in [-0.2, -0.15) is 0 Å². The Morgan fingerprint density at radius 3 is 2.00 bits per heavy atom. The molecule has 9 heteroatoms. The van der Waals surface area contributed by atoms with Crippen molar-refractivity contribution in [3.8, 4) is 0 Å². The average Bonchev–Trinajstić information content (AvgIpc) is 2.67. The molecule has 0 radical (unpaired) electrons. The predicted octanol–water partition coefficient (Wildman–Crippen LogP) is 2.70. The molecule has 2 atom stereocenters. The summed E-state index contributed by atoms with van der Waals surface area (Å²) in [6, 6.07) is -0.563. The quantitative estimate of drug-likeness (QED) is 0.329. The van der Waals surface area contributed by atoms with Gasteiger partial charge in [0, 0.05) is 12.6 Å². The molecule has 1 amide bonds. The van der Waals surface area contributed by atoms with Crippen molar-refractivity contribution < 1.29 is 38.1 Å². The Balaban J connectivity index is 3.20. The number of piperidine rings is 1. The molecule has 0 bridgehead atoms. The molecule has 0 aromatic rings. The maximum Gasteiger partial charge on any atom is 0.410 e. The summed E-state index contributed by atoms with van der Waals surface area (Å²) in [5.41, 5.74) is -0.696. The van der Waals surface area contributed by atoms with Crippen LogP contribution in [0.25, 0.3) is 0 Å². The number of methoxy groups -OCH3 is 1. The minimum Gasteiger partial charge on any atom is -0.469 e. The molecule has 172 valence electrons. The van der Waals surface area contributed by atoms with Crippen LogP contribution in [-0.4, -0.2) is 67.4 Å². The Morgan fingerprint density at radius 2 is 1.53 bits per heavy atom. The Bertz CT molecular complexity index is 595. The lowest BCUT2D eigenvalue weighted by Gasteiger charge is -2.40. The molecule has 0 saturated carbocycles. The van der Waals surface area contributed by atoms with Crippen LogP contribution >= 0.6 is 0 Å². The molecule has 9 nitrogen and oxygen atoms in total. The number of ether oxygens (including phenoxy) is 4. The minimum atomic E-state index is -1.28. The topological polar surface area (TPSA) is 108 Å². The molecule has 1 aliphatic rings. The van der Waals surface area contributed by atoms with Crippen molar-refractivity contribution in [1.82, 2.24) is 4.90 Å². The van der Waals surface area contributed by atoms with Gasteiger partial charge >= 0.3 is 24.0 Å². The molecule has 1 aliphatic heterocycles. The van der Waals surface area contributed by atoms with Gasteiger partial charge in [0.1, 0.15) is 5.60 Å². The van der Waals surface area contributed by atoms with Crippen LogP contribution in [0, 0.1) is 11.8 Å². The summed E-state index contributed by atoms with van der Waals surface area (Å²) in [5.74, 6) is -4.30. The van der Waals surface area contributed by atoms with E-state index < -0.39 is 47.5 Å². The van der Waals surface area contributed by atoms with Crippen molar-refractivity contribution in [2.24, 2.45) is 11.8 Å². The van der Waals surface area contributed by atoms with Crippen LogP contribution in [0.4, 0.5) is 4.79 Å². The van der Waals surface area contributed by atoms with E-state index >= 15 is 0 Å². The summed E-state index contributed by atoms with van der Waals surface area (Å²) >= 11 is 0. The second-order valence-electron chi connectivity index (χ2n) is 8.16. The van der Waals surface area contributed by atoms with Gasteiger partial charge < -0.3 is 23.8 Å². The van der Waals surface area contributed by atoms with Crippen LogP contribution in [0.15, 0.2) is 0 Å². The molecule has 0 spiro atoms. The van der Waals surface area contributed by atoms with E-state index in [2.05, 4.69) is 0 Å². The highest BCUT2D eigenvalue weighted by molar-refractivity contribution is 5.95. The molecule has 0 aromatic carbocycles. The number of amides is 1. The zero-order valence-electron chi connectivity index (χ0n) is 18.9. The molecule has 0 N–H and O–H groups in total. The molecule has 1 saturated heterocycles. The Kier molecular flexibility index (Phi) is 10.1. The highest BCUT2D eigenvalue weighted by Crippen LogP contribution is 2.31. The fraction of sp³-hybridized carbons (Fsp3) is 0.810. The van der Waals surface area contributed by atoms with Gasteiger partial charge in [-0.15, -0.1) is 0 Å². The normalized spacial score (nSPS) is 17.8. The van der Waals surface area contributed by atoms with Crippen molar-refractivity contribution in [1.29, 1.82) is 0 Å². The second kappa shape index (κ2) is 11.8. The number of esters is 3. The third-order valence-corrected chi connectivity index (χ3v) is 4.78. The lowest BCUT2D eigenvalue weighted by molar-refractivity contribution is -0.164. The number of carbonyl (C=O) groups is 4. The van der Waals surface area contributed by atoms with Gasteiger partial charge in [0.25, 0.3) is 0 Å². The smallest absolute Gasteiger partial charge is 0.410 e. The molecular weight excluding hydrogens is 394 g/mol. The van der Waals surface area contributed by atoms with E-state index in [0.717, 1.165) is 12.8 Å². The minimum absolute atomic E-state index is 0.0884. The second-order valence-corrected chi connectivity index (χ2v) is 8.16. The maximum absolute atomic E-state index is 12.8. The highest BCUT2D eigenvalue weighted by atomic mass is 16.6. The monoisotopic (exact) mass is 429 g/mol. The number of hydrogen-bond donors (Lipinski definition) is 0. The number of likely N-dealkylation sites (tertiary alicyclic amines) is 1. The summed E-state index contributed by atoms with van der Waals surface area (Å²) in [5, 5.41) is 0. The SMILES string of the molecule is CCOC(=O)C(C[C@@H](C(=O)OC)[C@H]1CCCCN1C(=O)OC(C)(C)C)C(=O)OCC. The standard InChI is InChI=1S/C21H35NO8/c1-7-28-18(24)15(19(25)29-8-2)13-14(17(23)27-6)16-11-9-10-12-22(16)20(26)30-21(3,4)5/h14-16H,7-13H2,1-6H3/t14-,16-/m1/s1. The fourth-order valence-corrected chi connectivity index (χ4v) is 3.51. The highest BCUT2D eigenvalue weighted by Gasteiger charge is 2.43. The van der Waals surface area contributed by atoms with Gasteiger partial charge in [-0.25, -0.2) is 4.79 Å². The van der Waals surface area contributed by atoms with Gasteiger partial charge in [0.05, 0.1) is 26.2 Å². The van der Waals surface area contributed by atoms with E-state index in [9.17, 15) is 19.2 Å². The van der Waals surface area contributed by atoms with Gasteiger partial charge in [0.2, 0.25) is 0 Å². The maximum atomic E-state index is 12.8. The summed E-state index contributed by atoms with van der Waals surface area (Å²) < 4.78 is 20.5. The summed E-state index contributed by atoms with van der Waals surface area (Å²) in [7, 11) is 1.24. The lowest BCUT2D eigenvalue weighted by Crippen LogP contribution is -2.52. The fourth-order valence-electron chi connectivity index (χ4n) is 3.51. The predicted molar refractivity (Wildman–Crippen MR) is 107 cm³/mol. The van der Waals surface area contributed by atoms with Crippen molar-refractivity contribution in [3.63, 3.8) is 0 Å². The molecular formula is C21H35NO8. The van der Waals surface area contributed by atoms with E-state index in [1.807, 2.05) is 0 Å².